The third kappa shape index (κ3) is 4.23. The van der Waals surface area contributed by atoms with Crippen molar-refractivity contribution in [3.05, 3.63) is 24.5 Å². The number of carbonyl (C=O) groups excluding carboxylic acids is 2. The van der Waals surface area contributed by atoms with Gasteiger partial charge in [-0.05, 0) is 80.2 Å². The fraction of sp³-hybridized carbons (Fsp3) is 0.750. The molecule has 5 rings (SSSR count). The van der Waals surface area contributed by atoms with Gasteiger partial charge >= 0.3 is 0 Å². The lowest BCUT2D eigenvalue weighted by atomic mass is 9.44. The second-order valence-corrected chi connectivity index (χ2v) is 12.1. The van der Waals surface area contributed by atoms with E-state index in [0.717, 1.165) is 38.5 Å². The van der Waals surface area contributed by atoms with Gasteiger partial charge in [-0.25, -0.2) is 0 Å². The molecule has 7 heteroatoms. The van der Waals surface area contributed by atoms with Crippen molar-refractivity contribution < 1.29 is 24.9 Å². The van der Waals surface area contributed by atoms with E-state index in [9.17, 15) is 24.9 Å². The first kappa shape index (κ1) is 26.2. The van der Waals surface area contributed by atoms with Gasteiger partial charge in [-0.15, -0.1) is 0 Å². The monoisotopic (exact) mass is 486 g/mol. The summed E-state index contributed by atoms with van der Waals surface area (Å²) in [5.41, 5.74) is -1.22. The Labute approximate surface area is 208 Å². The van der Waals surface area contributed by atoms with Crippen molar-refractivity contribution in [2.24, 2.45) is 34.5 Å². The number of aromatic nitrogens is 1. The Bertz CT molecular complexity index is 939. The molecule has 0 radical (unpaired) electrons. The lowest BCUT2D eigenvalue weighted by molar-refractivity contribution is -0.180. The van der Waals surface area contributed by atoms with Crippen LogP contribution < -0.4 is 4.90 Å². The number of aliphatic hydroxyl groups is 3. The molecule has 1 heterocycles. The normalized spacial score (nSPS) is 42.1. The molecule has 0 spiro atoms. The summed E-state index contributed by atoms with van der Waals surface area (Å²) in [6.45, 7) is 3.46. The highest BCUT2D eigenvalue weighted by atomic mass is 16.3. The summed E-state index contributed by atoms with van der Waals surface area (Å²) < 4.78 is 0. The number of ketones is 2. The minimum Gasteiger partial charge on any atom is -0.393 e. The average molecular weight is 487 g/mol. The van der Waals surface area contributed by atoms with Gasteiger partial charge in [0.05, 0.1) is 6.10 Å². The van der Waals surface area contributed by atoms with E-state index in [-0.39, 0.29) is 41.5 Å². The molecule has 1 aromatic rings. The van der Waals surface area contributed by atoms with Gasteiger partial charge in [0.25, 0.3) is 0 Å². The topological polar surface area (TPSA) is 111 Å². The molecule has 1 aromatic heterocycles. The lowest BCUT2D eigenvalue weighted by Gasteiger charge is -2.60. The second-order valence-electron chi connectivity index (χ2n) is 12.1. The third-order valence-electron chi connectivity index (χ3n) is 10.3. The molecule has 0 bridgehead atoms. The summed E-state index contributed by atoms with van der Waals surface area (Å²) in [5.74, 6) is 0.380. The van der Waals surface area contributed by atoms with E-state index >= 15 is 0 Å². The quantitative estimate of drug-likeness (QED) is 0.602. The van der Waals surface area contributed by atoms with Crippen LogP contribution in [0.4, 0.5) is 5.69 Å². The van der Waals surface area contributed by atoms with E-state index in [0.29, 0.717) is 12.3 Å². The van der Waals surface area contributed by atoms with Crippen LogP contribution >= 0.6 is 0 Å². The van der Waals surface area contributed by atoms with Crippen molar-refractivity contribution in [1.82, 2.24) is 4.98 Å². The number of rotatable bonds is 3. The maximum atomic E-state index is 13.4. The Morgan fingerprint density at radius 1 is 1.11 bits per heavy atom. The molecule has 0 amide bonds. The molecule has 35 heavy (non-hydrogen) atoms. The van der Waals surface area contributed by atoms with Crippen LogP contribution in [0.25, 0.3) is 0 Å². The van der Waals surface area contributed by atoms with Gasteiger partial charge in [0.1, 0.15) is 18.0 Å². The summed E-state index contributed by atoms with van der Waals surface area (Å²) in [7, 11) is 4.02. The molecule has 4 aliphatic carbocycles. The van der Waals surface area contributed by atoms with Crippen molar-refractivity contribution in [3.8, 4) is 0 Å². The molecule has 194 valence electrons. The zero-order chi connectivity index (χ0) is 25.6. The molecule has 0 aromatic carbocycles. The SMILES string of the molecule is CN(C)c1ccncc1.C[C@]12CC[C@@H](O)C[C@H]1CC[C@@H]1[C@@H]2C(=O)C[C@@]2(C)[C@H]1CC[C@]2(O)C(=O)CO. The number of hydrogen-bond acceptors (Lipinski definition) is 7. The van der Waals surface area contributed by atoms with Crippen LogP contribution in [0.3, 0.4) is 0 Å². The number of anilines is 1. The fourth-order valence-corrected chi connectivity index (χ4v) is 8.29. The van der Waals surface area contributed by atoms with E-state index in [1.165, 1.54) is 5.69 Å². The van der Waals surface area contributed by atoms with Gasteiger partial charge in [-0.3, -0.25) is 14.6 Å². The van der Waals surface area contributed by atoms with Gasteiger partial charge in [-0.2, -0.15) is 0 Å². The minimum atomic E-state index is -1.58. The summed E-state index contributed by atoms with van der Waals surface area (Å²) in [5, 5.41) is 30.6. The van der Waals surface area contributed by atoms with E-state index < -0.39 is 23.4 Å². The maximum Gasteiger partial charge on any atom is 0.190 e. The lowest BCUT2D eigenvalue weighted by Crippen LogP contribution is -2.62. The zero-order valence-electron chi connectivity index (χ0n) is 21.6. The van der Waals surface area contributed by atoms with Crippen LogP contribution in [0.2, 0.25) is 0 Å². The number of fused-ring (bicyclic) bond motifs is 5. The molecule has 8 atom stereocenters. The highest BCUT2D eigenvalue weighted by Crippen LogP contribution is 2.67. The number of hydrogen-bond donors (Lipinski definition) is 3. The first-order valence-corrected chi connectivity index (χ1v) is 13.1. The van der Waals surface area contributed by atoms with Gasteiger partial charge < -0.3 is 20.2 Å². The second kappa shape index (κ2) is 9.56. The molecule has 4 aliphatic rings. The molecule has 3 N–H and O–H groups in total. The molecular formula is C28H42N2O5. The molecule has 7 nitrogen and oxygen atoms in total. The summed E-state index contributed by atoms with van der Waals surface area (Å²) >= 11 is 0. The fourth-order valence-electron chi connectivity index (χ4n) is 8.29. The molecule has 0 saturated heterocycles. The van der Waals surface area contributed by atoms with E-state index in [1.807, 2.05) is 38.1 Å². The predicted octanol–water partition coefficient (Wildman–Crippen LogP) is 3.01. The Kier molecular flexibility index (Phi) is 7.17. The minimum absolute atomic E-state index is 0.0154. The molecule has 4 saturated carbocycles. The van der Waals surface area contributed by atoms with Crippen LogP contribution in [0.5, 0.6) is 0 Å². The average Bonchev–Trinajstić information content (AvgIpc) is 3.10. The van der Waals surface area contributed by atoms with Crippen LogP contribution in [0.15, 0.2) is 24.5 Å². The Balaban J connectivity index is 0.000000271. The smallest absolute Gasteiger partial charge is 0.190 e. The number of Topliss-reactive ketones (excluding diaryl/α,β-unsaturated/α-hetero) is 2. The highest BCUT2D eigenvalue weighted by molar-refractivity contribution is 5.92. The first-order chi connectivity index (χ1) is 16.5. The zero-order valence-corrected chi connectivity index (χ0v) is 21.6. The van der Waals surface area contributed by atoms with Crippen molar-refractivity contribution >= 4 is 17.3 Å². The van der Waals surface area contributed by atoms with E-state index in [2.05, 4.69) is 11.9 Å². The predicted molar refractivity (Wildman–Crippen MR) is 134 cm³/mol. The number of aliphatic hydroxyl groups excluding tert-OH is 2. The van der Waals surface area contributed by atoms with Gasteiger partial charge in [-0.1, -0.05) is 13.8 Å². The summed E-state index contributed by atoms with van der Waals surface area (Å²) in [6.07, 6.45) is 9.05. The van der Waals surface area contributed by atoms with Crippen LogP contribution in [0, 0.1) is 34.5 Å². The Hall–Kier alpha value is -1.83. The van der Waals surface area contributed by atoms with Crippen LogP contribution in [-0.4, -0.2) is 64.3 Å². The largest absolute Gasteiger partial charge is 0.393 e. The van der Waals surface area contributed by atoms with Gasteiger partial charge in [0.15, 0.2) is 5.78 Å². The van der Waals surface area contributed by atoms with E-state index in [4.69, 9.17) is 0 Å². The van der Waals surface area contributed by atoms with Crippen LogP contribution in [-0.2, 0) is 9.59 Å². The molecule has 0 aliphatic heterocycles. The third-order valence-corrected chi connectivity index (χ3v) is 10.3. The van der Waals surface area contributed by atoms with Gasteiger partial charge in [0, 0.05) is 49.9 Å². The Morgan fingerprint density at radius 3 is 2.40 bits per heavy atom. The number of pyridine rings is 1. The maximum absolute atomic E-state index is 13.4. The highest BCUT2D eigenvalue weighted by Gasteiger charge is 2.68. The first-order valence-electron chi connectivity index (χ1n) is 13.1. The summed E-state index contributed by atoms with van der Waals surface area (Å²) in [4.78, 5) is 31.7. The number of carbonyl (C=O) groups is 2. The van der Waals surface area contributed by atoms with Crippen LogP contribution in [0.1, 0.15) is 65.2 Å². The van der Waals surface area contributed by atoms with Crippen molar-refractivity contribution in [2.45, 2.75) is 76.9 Å². The molecular weight excluding hydrogens is 444 g/mol. The van der Waals surface area contributed by atoms with E-state index in [1.54, 1.807) is 12.4 Å². The molecule has 0 unspecified atom stereocenters. The Morgan fingerprint density at radius 2 is 1.80 bits per heavy atom. The molecule has 4 fully saturated rings. The van der Waals surface area contributed by atoms with Crippen molar-refractivity contribution in [2.75, 3.05) is 25.6 Å². The van der Waals surface area contributed by atoms with Crippen molar-refractivity contribution in [3.63, 3.8) is 0 Å². The standard InChI is InChI=1S/C21H32O5.C7H10N2/c1-19-7-5-13(23)9-12(19)3-4-14-15-6-8-21(26,17(25)11-22)20(15,2)10-16(24)18(14)19;1-9(2)7-3-5-8-6-4-7/h12-15,18,22-23,26H,3-11H2,1-2H3;3-6H,1-2H3/t12-,13-,14+,15+,18-,19+,20+,21+;/m1./s1. The number of nitrogens with zero attached hydrogens (tertiary/aromatic N) is 2. The van der Waals surface area contributed by atoms with Crippen molar-refractivity contribution in [1.29, 1.82) is 0 Å². The van der Waals surface area contributed by atoms with Gasteiger partial charge in [0.2, 0.25) is 0 Å². The summed E-state index contributed by atoms with van der Waals surface area (Å²) in [6, 6.07) is 3.94.